The van der Waals surface area contributed by atoms with Gasteiger partial charge >= 0.3 is 0 Å². The van der Waals surface area contributed by atoms with Crippen molar-refractivity contribution in [2.75, 3.05) is 0 Å². The van der Waals surface area contributed by atoms with Crippen LogP contribution in [0.1, 0.15) is 24.6 Å². The summed E-state index contributed by atoms with van der Waals surface area (Å²) in [6, 6.07) is 0. The Morgan fingerprint density at radius 3 is 2.40 bits per heavy atom. The van der Waals surface area contributed by atoms with Gasteiger partial charge in [-0.15, -0.1) is 0 Å². The first-order chi connectivity index (χ1) is 4.86. The second kappa shape index (κ2) is 2.01. The van der Waals surface area contributed by atoms with E-state index in [0.717, 1.165) is 18.7 Å². The van der Waals surface area contributed by atoms with Gasteiger partial charge in [-0.1, -0.05) is 0 Å². The molecule has 1 heterocycles. The Morgan fingerprint density at radius 1 is 1.30 bits per heavy atom. The van der Waals surface area contributed by atoms with Crippen molar-refractivity contribution in [1.29, 1.82) is 0 Å². The first-order valence-electron chi connectivity index (χ1n) is 3.34. The minimum atomic E-state index is -0.357. The van der Waals surface area contributed by atoms with E-state index in [1.807, 2.05) is 0 Å². The SMILES string of the molecule is Fc1cnc(C2CC2)nc1. The zero-order valence-corrected chi connectivity index (χ0v) is 5.42. The fourth-order valence-corrected chi connectivity index (χ4v) is 0.875. The van der Waals surface area contributed by atoms with Crippen molar-refractivity contribution in [1.82, 2.24) is 9.97 Å². The summed E-state index contributed by atoms with van der Waals surface area (Å²) in [5.74, 6) is 0.950. The second-order valence-electron chi connectivity index (χ2n) is 2.53. The average Bonchev–Trinajstić information content (AvgIpc) is 2.71. The Kier molecular flexibility index (Phi) is 1.16. The maximum absolute atomic E-state index is 12.2. The van der Waals surface area contributed by atoms with Crippen LogP contribution in [0.15, 0.2) is 12.4 Å². The molecule has 1 aromatic rings. The summed E-state index contributed by atoms with van der Waals surface area (Å²) in [4.78, 5) is 7.71. The van der Waals surface area contributed by atoms with Gasteiger partial charge in [0.1, 0.15) is 5.82 Å². The summed E-state index contributed by atoms with van der Waals surface area (Å²) in [6.07, 6.45) is 4.76. The van der Waals surface area contributed by atoms with Crippen molar-refractivity contribution < 1.29 is 4.39 Å². The number of aromatic nitrogens is 2. The molecule has 1 aliphatic rings. The molecule has 0 saturated heterocycles. The van der Waals surface area contributed by atoms with Gasteiger partial charge in [-0.05, 0) is 12.8 Å². The molecule has 2 nitrogen and oxygen atoms in total. The zero-order valence-electron chi connectivity index (χ0n) is 5.42. The van der Waals surface area contributed by atoms with Gasteiger partial charge in [-0.25, -0.2) is 14.4 Å². The maximum Gasteiger partial charge on any atom is 0.159 e. The first-order valence-corrected chi connectivity index (χ1v) is 3.34. The molecule has 52 valence electrons. The van der Waals surface area contributed by atoms with Crippen LogP contribution < -0.4 is 0 Å². The molecule has 2 rings (SSSR count). The van der Waals surface area contributed by atoms with Gasteiger partial charge in [-0.2, -0.15) is 0 Å². The molecule has 1 aromatic heterocycles. The molecule has 1 fully saturated rings. The molecule has 0 N–H and O–H groups in total. The summed E-state index contributed by atoms with van der Waals surface area (Å²) in [7, 11) is 0. The van der Waals surface area contributed by atoms with E-state index in [9.17, 15) is 4.39 Å². The molecule has 0 bridgehead atoms. The molecule has 1 aliphatic carbocycles. The van der Waals surface area contributed by atoms with E-state index in [4.69, 9.17) is 0 Å². The smallest absolute Gasteiger partial charge is 0.159 e. The molecule has 3 heteroatoms. The highest BCUT2D eigenvalue weighted by Gasteiger charge is 2.25. The van der Waals surface area contributed by atoms with Crippen LogP contribution in [0, 0.1) is 5.82 Å². The normalized spacial score (nSPS) is 17.3. The Balaban J connectivity index is 2.28. The van der Waals surface area contributed by atoms with Gasteiger partial charge in [0.25, 0.3) is 0 Å². The average molecular weight is 138 g/mol. The first kappa shape index (κ1) is 5.77. The van der Waals surface area contributed by atoms with Crippen molar-refractivity contribution in [2.45, 2.75) is 18.8 Å². The number of hydrogen-bond donors (Lipinski definition) is 0. The lowest BCUT2D eigenvalue weighted by Gasteiger charge is -1.92. The lowest BCUT2D eigenvalue weighted by Crippen LogP contribution is -1.91. The number of halogens is 1. The van der Waals surface area contributed by atoms with E-state index < -0.39 is 0 Å². The summed E-state index contributed by atoms with van der Waals surface area (Å²) in [6.45, 7) is 0. The molecule has 0 unspecified atom stereocenters. The van der Waals surface area contributed by atoms with Gasteiger partial charge in [0.15, 0.2) is 5.82 Å². The minimum Gasteiger partial charge on any atom is -0.238 e. The van der Waals surface area contributed by atoms with E-state index in [1.165, 1.54) is 12.4 Å². The number of hydrogen-bond acceptors (Lipinski definition) is 2. The fourth-order valence-electron chi connectivity index (χ4n) is 0.875. The number of nitrogens with zero attached hydrogens (tertiary/aromatic N) is 2. The van der Waals surface area contributed by atoms with E-state index >= 15 is 0 Å². The molecule has 0 spiro atoms. The van der Waals surface area contributed by atoms with Gasteiger partial charge in [0, 0.05) is 5.92 Å². The van der Waals surface area contributed by atoms with Crippen LogP contribution in [0.2, 0.25) is 0 Å². The van der Waals surface area contributed by atoms with Gasteiger partial charge in [0.05, 0.1) is 12.4 Å². The molecular weight excluding hydrogens is 131 g/mol. The summed E-state index contributed by atoms with van der Waals surface area (Å²) < 4.78 is 12.2. The zero-order chi connectivity index (χ0) is 6.97. The van der Waals surface area contributed by atoms with Crippen molar-refractivity contribution in [3.05, 3.63) is 24.0 Å². The van der Waals surface area contributed by atoms with E-state index in [2.05, 4.69) is 9.97 Å². The summed E-state index contributed by atoms with van der Waals surface area (Å²) in [5, 5.41) is 0. The monoisotopic (exact) mass is 138 g/mol. The largest absolute Gasteiger partial charge is 0.238 e. The van der Waals surface area contributed by atoms with E-state index in [-0.39, 0.29) is 5.82 Å². The van der Waals surface area contributed by atoms with Crippen LogP contribution >= 0.6 is 0 Å². The van der Waals surface area contributed by atoms with Gasteiger partial charge in [0.2, 0.25) is 0 Å². The standard InChI is InChI=1S/C7H7FN2/c8-6-3-9-7(10-4-6)5-1-2-5/h3-5H,1-2H2. The molecule has 0 amide bonds. The third-order valence-electron chi connectivity index (χ3n) is 1.58. The van der Waals surface area contributed by atoms with Gasteiger partial charge in [-0.3, -0.25) is 0 Å². The lowest BCUT2D eigenvalue weighted by molar-refractivity contribution is 0.608. The van der Waals surface area contributed by atoms with Crippen LogP contribution in [-0.2, 0) is 0 Å². The van der Waals surface area contributed by atoms with Crippen LogP contribution in [0.3, 0.4) is 0 Å². The van der Waals surface area contributed by atoms with E-state index in [0.29, 0.717) is 5.92 Å². The van der Waals surface area contributed by atoms with Crippen molar-refractivity contribution in [2.24, 2.45) is 0 Å². The Morgan fingerprint density at radius 2 is 1.90 bits per heavy atom. The molecule has 1 saturated carbocycles. The quantitative estimate of drug-likeness (QED) is 0.587. The third-order valence-corrected chi connectivity index (χ3v) is 1.58. The second-order valence-corrected chi connectivity index (χ2v) is 2.53. The fraction of sp³-hybridized carbons (Fsp3) is 0.429. The van der Waals surface area contributed by atoms with Crippen LogP contribution in [0.25, 0.3) is 0 Å². The highest BCUT2D eigenvalue weighted by molar-refractivity contribution is 5.04. The molecule has 0 aliphatic heterocycles. The lowest BCUT2D eigenvalue weighted by atomic mass is 10.4. The van der Waals surface area contributed by atoms with Crippen LogP contribution in [-0.4, -0.2) is 9.97 Å². The minimum absolute atomic E-state index is 0.357. The van der Waals surface area contributed by atoms with Crippen molar-refractivity contribution >= 4 is 0 Å². The van der Waals surface area contributed by atoms with Crippen LogP contribution in [0.4, 0.5) is 4.39 Å². The molecule has 0 aromatic carbocycles. The third kappa shape index (κ3) is 0.988. The Bertz CT molecular complexity index is 228. The Labute approximate surface area is 58.1 Å². The summed E-state index contributed by atoms with van der Waals surface area (Å²) >= 11 is 0. The highest BCUT2D eigenvalue weighted by atomic mass is 19.1. The molecular formula is C7H7FN2. The van der Waals surface area contributed by atoms with E-state index in [1.54, 1.807) is 0 Å². The molecule has 10 heavy (non-hydrogen) atoms. The van der Waals surface area contributed by atoms with Gasteiger partial charge < -0.3 is 0 Å². The predicted octanol–water partition coefficient (Wildman–Crippen LogP) is 1.49. The maximum atomic E-state index is 12.2. The summed E-state index contributed by atoms with van der Waals surface area (Å²) in [5.41, 5.74) is 0. The van der Waals surface area contributed by atoms with Crippen LogP contribution in [0.5, 0.6) is 0 Å². The predicted molar refractivity (Wildman–Crippen MR) is 34.0 cm³/mol. The highest BCUT2D eigenvalue weighted by Crippen LogP contribution is 2.37. The Hall–Kier alpha value is -0.990. The molecule has 0 radical (unpaired) electrons. The van der Waals surface area contributed by atoms with Crippen molar-refractivity contribution in [3.8, 4) is 0 Å². The molecule has 0 atom stereocenters. The van der Waals surface area contributed by atoms with Crippen molar-refractivity contribution in [3.63, 3.8) is 0 Å². The number of rotatable bonds is 1. The topological polar surface area (TPSA) is 25.8 Å².